The molecule has 0 bridgehead atoms. The monoisotopic (exact) mass is 323 g/mol. The van der Waals surface area contributed by atoms with Crippen LogP contribution in [0, 0.1) is 11.7 Å². The van der Waals surface area contributed by atoms with Gasteiger partial charge in [-0.05, 0) is 44.0 Å². The third-order valence-corrected chi connectivity index (χ3v) is 4.49. The molecule has 1 aromatic rings. The van der Waals surface area contributed by atoms with Crippen molar-refractivity contribution >= 4 is 23.7 Å². The highest BCUT2D eigenvalue weighted by Gasteiger charge is 2.31. The summed E-state index contributed by atoms with van der Waals surface area (Å²) < 4.78 is 14.2. The Kier molecular flexibility index (Phi) is 4.36. The first-order valence-corrected chi connectivity index (χ1v) is 7.88. The van der Waals surface area contributed by atoms with E-state index < -0.39 is 0 Å². The fourth-order valence-corrected chi connectivity index (χ4v) is 3.30. The molecule has 0 saturated carbocycles. The number of amides is 1. The maximum absolute atomic E-state index is 14.2. The van der Waals surface area contributed by atoms with Crippen molar-refractivity contribution in [2.75, 3.05) is 18.1 Å². The first kappa shape index (κ1) is 15.3. The molecule has 0 aromatic heterocycles. The number of hydrogen-bond acceptors (Lipinski definition) is 3. The zero-order chi connectivity index (χ0) is 15.7. The molecule has 2 heterocycles. The van der Waals surface area contributed by atoms with E-state index in [4.69, 9.17) is 11.6 Å². The van der Waals surface area contributed by atoms with Gasteiger partial charge in [-0.3, -0.25) is 9.80 Å². The van der Waals surface area contributed by atoms with Gasteiger partial charge in [0.05, 0.1) is 5.69 Å². The number of likely N-dealkylation sites (tertiary alicyclic amines) is 1. The average Bonchev–Trinajstić information content (AvgIpc) is 2.89. The summed E-state index contributed by atoms with van der Waals surface area (Å²) in [5.74, 6) is -0.0194. The number of halogens is 2. The lowest BCUT2D eigenvalue weighted by atomic mass is 9.92. The molecule has 3 rings (SSSR count). The van der Waals surface area contributed by atoms with Crippen molar-refractivity contribution < 1.29 is 9.18 Å². The van der Waals surface area contributed by atoms with Crippen LogP contribution in [0.4, 0.5) is 10.1 Å². The van der Waals surface area contributed by atoms with Gasteiger partial charge in [0.15, 0.2) is 0 Å². The second kappa shape index (κ2) is 6.26. The van der Waals surface area contributed by atoms with Gasteiger partial charge in [-0.15, -0.1) is 0 Å². The van der Waals surface area contributed by atoms with Gasteiger partial charge in [0.1, 0.15) is 5.82 Å². The molecule has 1 unspecified atom stereocenters. The van der Waals surface area contributed by atoms with Crippen molar-refractivity contribution in [2.45, 2.75) is 25.8 Å². The lowest BCUT2D eigenvalue weighted by Gasteiger charge is -2.34. The van der Waals surface area contributed by atoms with Crippen molar-refractivity contribution in [2.24, 2.45) is 5.92 Å². The highest BCUT2D eigenvalue weighted by molar-refractivity contribution is 6.30. The Balaban J connectivity index is 1.83. The van der Waals surface area contributed by atoms with Crippen molar-refractivity contribution in [1.29, 1.82) is 0 Å². The number of nitrogens with one attached hydrogen (secondary N) is 1. The van der Waals surface area contributed by atoms with Gasteiger partial charge in [-0.1, -0.05) is 11.6 Å². The topological polar surface area (TPSA) is 35.6 Å². The molecule has 0 aliphatic carbocycles. The predicted molar refractivity (Wildman–Crippen MR) is 84.9 cm³/mol. The van der Waals surface area contributed by atoms with Gasteiger partial charge in [0.2, 0.25) is 6.41 Å². The molecule has 1 aromatic carbocycles. The molecular formula is C16H19ClFN3O. The fourth-order valence-electron chi connectivity index (χ4n) is 3.14. The maximum Gasteiger partial charge on any atom is 0.209 e. The van der Waals surface area contributed by atoms with Crippen LogP contribution in [0.1, 0.15) is 19.8 Å². The molecule has 2 aliphatic rings. The zero-order valence-electron chi connectivity index (χ0n) is 12.4. The van der Waals surface area contributed by atoms with Crippen molar-refractivity contribution in [3.8, 4) is 0 Å². The molecule has 1 N–H and O–H groups in total. The predicted octanol–water partition coefficient (Wildman–Crippen LogP) is 2.94. The number of piperidine rings is 1. The second-order valence-corrected chi connectivity index (χ2v) is 6.29. The number of rotatable bonds is 3. The number of benzene rings is 1. The summed E-state index contributed by atoms with van der Waals surface area (Å²) in [7, 11) is 0. The van der Waals surface area contributed by atoms with E-state index in [2.05, 4.69) is 11.5 Å². The highest BCUT2D eigenvalue weighted by atomic mass is 35.5. The standard InChI is InChI=1S/C16H19ClFN3O/c1-11-8-16(12-4-6-20(10-22)7-5-12)21(19-11)15-3-2-13(17)9-14(15)18/h2-3,8-12,19H,4-7H2,1H3. The second-order valence-electron chi connectivity index (χ2n) is 5.86. The third-order valence-electron chi connectivity index (χ3n) is 4.26. The number of hydrogen-bond donors (Lipinski definition) is 1. The minimum absolute atomic E-state index is 0.147. The van der Waals surface area contributed by atoms with E-state index in [9.17, 15) is 9.18 Å². The van der Waals surface area contributed by atoms with Gasteiger partial charge in [-0.2, -0.15) is 0 Å². The van der Waals surface area contributed by atoms with Crippen molar-refractivity contribution in [1.82, 2.24) is 10.3 Å². The molecule has 2 aliphatic heterocycles. The van der Waals surface area contributed by atoms with Crippen LogP contribution in [-0.2, 0) is 4.79 Å². The average molecular weight is 324 g/mol. The van der Waals surface area contributed by atoms with Crippen LogP contribution < -0.4 is 10.4 Å². The summed E-state index contributed by atoms with van der Waals surface area (Å²) in [5.41, 5.74) is 4.84. The minimum atomic E-state index is -0.342. The van der Waals surface area contributed by atoms with Gasteiger partial charge >= 0.3 is 0 Å². The maximum atomic E-state index is 14.2. The molecule has 1 saturated heterocycles. The van der Waals surface area contributed by atoms with Crippen LogP contribution in [0.25, 0.3) is 0 Å². The number of anilines is 1. The van der Waals surface area contributed by atoms with Crippen LogP contribution in [0.15, 0.2) is 30.0 Å². The van der Waals surface area contributed by atoms with E-state index in [-0.39, 0.29) is 11.9 Å². The lowest BCUT2D eigenvalue weighted by molar-refractivity contribution is -0.119. The first-order chi connectivity index (χ1) is 10.6. The first-order valence-electron chi connectivity index (χ1n) is 7.51. The molecule has 1 amide bonds. The Morgan fingerprint density at radius 3 is 2.73 bits per heavy atom. The molecule has 4 nitrogen and oxygen atoms in total. The van der Waals surface area contributed by atoms with E-state index in [0.717, 1.165) is 38.0 Å². The van der Waals surface area contributed by atoms with Crippen molar-refractivity contribution in [3.63, 3.8) is 0 Å². The largest absolute Gasteiger partial charge is 0.345 e. The van der Waals surface area contributed by atoms with Crippen LogP contribution >= 0.6 is 11.6 Å². The van der Waals surface area contributed by atoms with Gasteiger partial charge < -0.3 is 4.90 Å². The summed E-state index contributed by atoms with van der Waals surface area (Å²) in [5, 5.41) is 2.22. The number of hydrazine groups is 1. The van der Waals surface area contributed by atoms with Crippen LogP contribution in [-0.4, -0.2) is 30.4 Å². The smallest absolute Gasteiger partial charge is 0.209 e. The molecule has 0 spiro atoms. The number of carbonyl (C=O) groups is 1. The van der Waals surface area contributed by atoms with E-state index in [1.54, 1.807) is 17.0 Å². The Labute approximate surface area is 134 Å². The van der Waals surface area contributed by atoms with Gasteiger partial charge in [0.25, 0.3) is 0 Å². The van der Waals surface area contributed by atoms with E-state index in [1.165, 1.54) is 6.07 Å². The number of nitrogens with zero attached hydrogens (tertiary/aromatic N) is 2. The van der Waals surface area contributed by atoms with Gasteiger partial charge in [0, 0.05) is 35.8 Å². The molecular weight excluding hydrogens is 305 g/mol. The minimum Gasteiger partial charge on any atom is -0.345 e. The third kappa shape index (κ3) is 2.96. The summed E-state index contributed by atoms with van der Waals surface area (Å²) in [6, 6.07) is 4.86. The van der Waals surface area contributed by atoms with Crippen LogP contribution in [0.3, 0.4) is 0 Å². The molecule has 22 heavy (non-hydrogen) atoms. The fraction of sp³-hybridized carbons (Fsp3) is 0.438. The molecule has 118 valence electrons. The lowest BCUT2D eigenvalue weighted by Crippen LogP contribution is -2.40. The van der Waals surface area contributed by atoms with Gasteiger partial charge in [-0.25, -0.2) is 9.82 Å². The Hall–Kier alpha value is -1.59. The number of allylic oxidation sites excluding steroid dienone is 1. The Morgan fingerprint density at radius 2 is 2.09 bits per heavy atom. The summed E-state index contributed by atoms with van der Waals surface area (Å²) in [6.45, 7) is 3.53. The van der Waals surface area contributed by atoms with E-state index in [1.807, 2.05) is 11.9 Å². The SMILES string of the molecule is CC1C=C(C2CCN(C=O)CC2)N(c2ccc(Cl)cc2F)N1. The molecule has 6 heteroatoms. The molecule has 1 fully saturated rings. The van der Waals surface area contributed by atoms with E-state index >= 15 is 0 Å². The zero-order valence-corrected chi connectivity index (χ0v) is 13.2. The summed E-state index contributed by atoms with van der Waals surface area (Å²) in [6.07, 6.45) is 4.82. The summed E-state index contributed by atoms with van der Waals surface area (Å²) >= 11 is 5.84. The quantitative estimate of drug-likeness (QED) is 0.869. The highest BCUT2D eigenvalue weighted by Crippen LogP contribution is 2.34. The van der Waals surface area contributed by atoms with Crippen molar-refractivity contribution in [3.05, 3.63) is 40.8 Å². The molecule has 1 atom stereocenters. The van der Waals surface area contributed by atoms with E-state index in [0.29, 0.717) is 16.6 Å². The van der Waals surface area contributed by atoms with Crippen LogP contribution in [0.2, 0.25) is 5.02 Å². The Morgan fingerprint density at radius 1 is 1.36 bits per heavy atom. The number of carbonyl (C=O) groups excluding carboxylic acids is 1. The molecule has 0 radical (unpaired) electrons. The Bertz CT molecular complexity index is 599. The summed E-state index contributed by atoms with van der Waals surface area (Å²) in [4.78, 5) is 12.6. The normalized spacial score (nSPS) is 22.9. The van der Waals surface area contributed by atoms with Crippen LogP contribution in [0.5, 0.6) is 0 Å².